The number of anilines is 1. The van der Waals surface area contributed by atoms with Gasteiger partial charge < -0.3 is 9.32 Å². The molecule has 0 bridgehead atoms. The second-order valence-electron chi connectivity index (χ2n) is 6.22. The quantitative estimate of drug-likeness (QED) is 0.495. The van der Waals surface area contributed by atoms with Crippen molar-refractivity contribution in [3.63, 3.8) is 0 Å². The summed E-state index contributed by atoms with van der Waals surface area (Å²) in [7, 11) is 0. The number of nitrogens with zero attached hydrogens (tertiary/aromatic N) is 3. The zero-order valence-electron chi connectivity index (χ0n) is 14.8. The molecule has 0 spiro atoms. The number of non-ortho nitro benzene ring substituents is 1. The Kier molecular flexibility index (Phi) is 5.03. The zero-order valence-corrected chi connectivity index (χ0v) is 16.3. The molecular weight excluding hydrogens is 420 g/mol. The molecule has 9 nitrogen and oxygen atoms in total. The third kappa shape index (κ3) is 3.84. The summed E-state index contributed by atoms with van der Waals surface area (Å²) in [5, 5.41) is 14.2. The van der Waals surface area contributed by atoms with Gasteiger partial charge in [-0.3, -0.25) is 25.0 Å². The molecule has 0 saturated carbocycles. The summed E-state index contributed by atoms with van der Waals surface area (Å²) in [6, 6.07) is 6.94. The normalized spacial score (nSPS) is 13.1. The lowest BCUT2D eigenvalue weighted by Gasteiger charge is -2.26. The van der Waals surface area contributed by atoms with E-state index in [-0.39, 0.29) is 34.5 Å². The number of rotatable bonds is 4. The molecule has 2 aromatic heterocycles. The Balaban J connectivity index is 1.51. The second kappa shape index (κ2) is 7.64. The van der Waals surface area contributed by atoms with Crippen molar-refractivity contribution in [1.82, 2.24) is 9.88 Å². The first kappa shape index (κ1) is 19.1. The van der Waals surface area contributed by atoms with Gasteiger partial charge in [0.1, 0.15) is 0 Å². The van der Waals surface area contributed by atoms with Crippen LogP contribution in [-0.2, 0) is 13.0 Å². The van der Waals surface area contributed by atoms with Crippen molar-refractivity contribution in [3.05, 3.63) is 73.6 Å². The molecule has 1 aliphatic heterocycles. The highest BCUT2D eigenvalue weighted by Crippen LogP contribution is 2.31. The van der Waals surface area contributed by atoms with Crippen LogP contribution in [0.5, 0.6) is 0 Å². The van der Waals surface area contributed by atoms with Gasteiger partial charge in [0.15, 0.2) is 10.9 Å². The topological polar surface area (TPSA) is 119 Å². The van der Waals surface area contributed by atoms with Gasteiger partial charge in [0.25, 0.3) is 17.5 Å². The van der Waals surface area contributed by atoms with E-state index in [0.29, 0.717) is 18.1 Å². The van der Waals surface area contributed by atoms with Crippen molar-refractivity contribution in [2.75, 3.05) is 11.9 Å². The van der Waals surface area contributed by atoms with Gasteiger partial charge in [-0.2, -0.15) is 0 Å². The van der Waals surface area contributed by atoms with Crippen LogP contribution in [0.2, 0.25) is 5.02 Å². The number of furan rings is 1. The summed E-state index contributed by atoms with van der Waals surface area (Å²) < 4.78 is 5.06. The third-order valence-electron chi connectivity index (χ3n) is 4.38. The van der Waals surface area contributed by atoms with Gasteiger partial charge in [0.05, 0.1) is 34.0 Å². The van der Waals surface area contributed by atoms with E-state index in [1.54, 1.807) is 17.0 Å². The predicted octanol–water partition coefficient (Wildman–Crippen LogP) is 3.75. The van der Waals surface area contributed by atoms with Crippen LogP contribution in [0.1, 0.15) is 31.5 Å². The van der Waals surface area contributed by atoms with Crippen molar-refractivity contribution in [2.45, 2.75) is 13.0 Å². The number of fused-ring (bicyclic) bond motifs is 1. The molecule has 29 heavy (non-hydrogen) atoms. The van der Waals surface area contributed by atoms with Crippen molar-refractivity contribution in [1.29, 1.82) is 0 Å². The van der Waals surface area contributed by atoms with Gasteiger partial charge >= 0.3 is 0 Å². The number of aromatic nitrogens is 1. The Morgan fingerprint density at radius 2 is 2.17 bits per heavy atom. The van der Waals surface area contributed by atoms with Crippen molar-refractivity contribution in [2.24, 2.45) is 0 Å². The lowest BCUT2D eigenvalue weighted by atomic mass is 10.1. The number of hydrogen-bond acceptors (Lipinski definition) is 7. The number of hydrogen-bond donors (Lipinski definition) is 1. The maximum atomic E-state index is 12.9. The summed E-state index contributed by atoms with van der Waals surface area (Å²) in [6.07, 6.45) is 1.91. The van der Waals surface area contributed by atoms with Crippen LogP contribution in [0.3, 0.4) is 0 Å². The maximum Gasteiger partial charge on any atom is 0.293 e. The van der Waals surface area contributed by atoms with E-state index in [1.165, 1.54) is 35.8 Å². The van der Waals surface area contributed by atoms with Gasteiger partial charge in [-0.05, 0) is 18.2 Å². The molecule has 11 heteroatoms. The second-order valence-corrected chi connectivity index (χ2v) is 7.71. The molecule has 0 radical (unpaired) electrons. The Labute approximate surface area is 173 Å². The molecule has 0 atom stereocenters. The minimum Gasteiger partial charge on any atom is -0.459 e. The van der Waals surface area contributed by atoms with E-state index in [9.17, 15) is 19.7 Å². The highest BCUT2D eigenvalue weighted by Gasteiger charge is 2.27. The first-order valence-electron chi connectivity index (χ1n) is 8.49. The van der Waals surface area contributed by atoms with Crippen LogP contribution in [0.4, 0.5) is 10.8 Å². The van der Waals surface area contributed by atoms with Gasteiger partial charge in [0, 0.05) is 30.0 Å². The van der Waals surface area contributed by atoms with E-state index in [2.05, 4.69) is 10.3 Å². The Morgan fingerprint density at radius 3 is 2.90 bits per heavy atom. The van der Waals surface area contributed by atoms with Crippen molar-refractivity contribution < 1.29 is 18.9 Å². The highest BCUT2D eigenvalue weighted by molar-refractivity contribution is 7.15. The molecule has 1 aliphatic rings. The standard InChI is InChI=1S/C18H13ClN4O5S/c19-12-4-3-10(23(26)27)8-11(12)17(25)22-6-5-13-15(9-22)29-18(20-13)21-16(24)14-2-1-7-28-14/h1-4,7-8H,5-6,9H2,(H,20,21,24). The lowest BCUT2D eigenvalue weighted by Crippen LogP contribution is -2.35. The molecule has 1 N–H and O–H groups in total. The summed E-state index contributed by atoms with van der Waals surface area (Å²) in [4.78, 5) is 42.2. The zero-order chi connectivity index (χ0) is 20.5. The Morgan fingerprint density at radius 1 is 1.34 bits per heavy atom. The van der Waals surface area contributed by atoms with Crippen LogP contribution in [0, 0.1) is 10.1 Å². The van der Waals surface area contributed by atoms with Gasteiger partial charge in [-0.25, -0.2) is 4.98 Å². The fourth-order valence-corrected chi connectivity index (χ4v) is 4.17. The molecular formula is C18H13ClN4O5S. The molecule has 4 rings (SSSR count). The number of carbonyl (C=O) groups is 2. The Hall–Kier alpha value is -3.24. The molecule has 0 unspecified atom stereocenters. The van der Waals surface area contributed by atoms with Gasteiger partial charge in [-0.1, -0.05) is 22.9 Å². The predicted molar refractivity (Wildman–Crippen MR) is 105 cm³/mol. The Bertz CT molecular complexity index is 1110. The maximum absolute atomic E-state index is 12.9. The van der Waals surface area contributed by atoms with Gasteiger partial charge in [-0.15, -0.1) is 0 Å². The number of nitro benzene ring substituents is 1. The molecule has 0 fully saturated rings. The summed E-state index contributed by atoms with van der Waals surface area (Å²) >= 11 is 7.36. The van der Waals surface area contributed by atoms with Crippen molar-refractivity contribution >= 4 is 45.6 Å². The summed E-state index contributed by atoms with van der Waals surface area (Å²) in [6.45, 7) is 0.668. The summed E-state index contributed by atoms with van der Waals surface area (Å²) in [5.74, 6) is -0.619. The molecule has 1 aromatic carbocycles. The minimum atomic E-state index is -0.571. The van der Waals surface area contributed by atoms with E-state index in [1.807, 2.05) is 0 Å². The molecule has 3 aromatic rings. The highest BCUT2D eigenvalue weighted by atomic mass is 35.5. The average Bonchev–Trinajstić information content (AvgIpc) is 3.36. The molecule has 0 aliphatic carbocycles. The number of carbonyl (C=O) groups excluding carboxylic acids is 2. The minimum absolute atomic E-state index is 0.0835. The fraction of sp³-hybridized carbons (Fsp3) is 0.167. The van der Waals surface area contributed by atoms with Crippen LogP contribution >= 0.6 is 22.9 Å². The fourth-order valence-electron chi connectivity index (χ4n) is 2.95. The van der Waals surface area contributed by atoms with Gasteiger partial charge in [0.2, 0.25) is 0 Å². The number of halogens is 1. The number of nitro groups is 1. The monoisotopic (exact) mass is 432 g/mol. The van der Waals surface area contributed by atoms with Crippen LogP contribution in [0.15, 0.2) is 41.0 Å². The smallest absolute Gasteiger partial charge is 0.293 e. The lowest BCUT2D eigenvalue weighted by molar-refractivity contribution is -0.384. The molecule has 148 valence electrons. The first-order chi connectivity index (χ1) is 13.9. The van der Waals surface area contributed by atoms with E-state index < -0.39 is 10.8 Å². The first-order valence-corrected chi connectivity index (χ1v) is 9.68. The van der Waals surface area contributed by atoms with E-state index in [4.69, 9.17) is 16.0 Å². The third-order valence-corrected chi connectivity index (χ3v) is 5.70. The largest absolute Gasteiger partial charge is 0.459 e. The number of thiazole rings is 1. The van der Waals surface area contributed by atoms with Crippen molar-refractivity contribution in [3.8, 4) is 0 Å². The van der Waals surface area contributed by atoms with Crippen LogP contribution in [-0.4, -0.2) is 33.2 Å². The number of nitrogens with one attached hydrogen (secondary N) is 1. The number of benzene rings is 1. The van der Waals surface area contributed by atoms with E-state index >= 15 is 0 Å². The van der Waals surface area contributed by atoms with E-state index in [0.717, 1.165) is 10.6 Å². The average molecular weight is 433 g/mol. The van der Waals surface area contributed by atoms with Crippen LogP contribution in [0.25, 0.3) is 0 Å². The molecule has 3 heterocycles. The number of amides is 2. The SMILES string of the molecule is O=C(Nc1nc2c(s1)CN(C(=O)c1cc([N+](=O)[O-])ccc1Cl)CC2)c1ccco1. The summed E-state index contributed by atoms with van der Waals surface area (Å²) in [5.41, 5.74) is 0.690. The van der Waals surface area contributed by atoms with Crippen LogP contribution < -0.4 is 5.32 Å². The molecule has 2 amide bonds. The molecule has 0 saturated heterocycles.